The Hall–Kier alpha value is -1.09. The molecule has 60 valence electrons. The zero-order valence-corrected chi connectivity index (χ0v) is 7.06. The van der Waals surface area contributed by atoms with Crippen LogP contribution in [0.15, 0.2) is 16.9 Å². The molecule has 0 bridgehead atoms. The summed E-state index contributed by atoms with van der Waals surface area (Å²) in [6.45, 7) is 1.88. The van der Waals surface area contributed by atoms with E-state index in [0.29, 0.717) is 0 Å². The van der Waals surface area contributed by atoms with E-state index >= 15 is 0 Å². The van der Waals surface area contributed by atoms with Crippen LogP contribution in [-0.2, 0) is 0 Å². The Bertz CT molecular complexity index is 301. The first-order valence-corrected chi connectivity index (χ1v) is 3.61. The number of nitrogens with one attached hydrogen (secondary N) is 2. The summed E-state index contributed by atoms with van der Waals surface area (Å²) in [6, 6.07) is 3.20. The lowest BCUT2D eigenvalue weighted by molar-refractivity contribution is -0.789. The molecule has 3 heteroatoms. The third-order valence-corrected chi connectivity index (χ3v) is 1.52. The molecule has 0 aliphatic rings. The zero-order valence-electron chi connectivity index (χ0n) is 7.06. The number of pyridine rings is 1. The Kier molecular flexibility index (Phi) is 2.10. The molecule has 3 nitrogen and oxygen atoms in total. The monoisotopic (exact) mass is 153 g/mol. The molecule has 2 N–H and O–H groups in total. The summed E-state index contributed by atoms with van der Waals surface area (Å²) in [4.78, 5) is 15.2. The molecule has 1 rings (SSSR count). The van der Waals surface area contributed by atoms with Crippen LogP contribution in [0.3, 0.4) is 0 Å². The van der Waals surface area contributed by atoms with Crippen LogP contribution in [-0.4, -0.2) is 19.1 Å². The molecule has 0 fully saturated rings. The van der Waals surface area contributed by atoms with E-state index in [1.807, 2.05) is 21.0 Å². The van der Waals surface area contributed by atoms with Gasteiger partial charge in [0.1, 0.15) is 0 Å². The van der Waals surface area contributed by atoms with E-state index in [2.05, 4.69) is 4.98 Å². The summed E-state index contributed by atoms with van der Waals surface area (Å²) in [5.41, 5.74) is 0.978. The van der Waals surface area contributed by atoms with Gasteiger partial charge in [-0.1, -0.05) is 0 Å². The summed E-state index contributed by atoms with van der Waals surface area (Å²) in [6.07, 6.45) is 0. The van der Waals surface area contributed by atoms with Gasteiger partial charge in [-0.15, -0.1) is 0 Å². The van der Waals surface area contributed by atoms with Crippen molar-refractivity contribution >= 4 is 5.82 Å². The van der Waals surface area contributed by atoms with Gasteiger partial charge in [-0.05, 0) is 6.92 Å². The van der Waals surface area contributed by atoms with Gasteiger partial charge in [-0.25, -0.2) is 0 Å². The molecule has 0 aliphatic heterocycles. The third-order valence-electron chi connectivity index (χ3n) is 1.52. The molecule has 0 spiro atoms. The van der Waals surface area contributed by atoms with Crippen LogP contribution in [0.4, 0.5) is 5.82 Å². The molecule has 0 saturated carbocycles. The Morgan fingerprint density at radius 1 is 1.36 bits per heavy atom. The maximum Gasteiger partial charge on any atom is 0.207 e. The van der Waals surface area contributed by atoms with Crippen molar-refractivity contribution in [2.75, 3.05) is 14.1 Å². The van der Waals surface area contributed by atoms with E-state index in [1.54, 1.807) is 12.1 Å². The second-order valence-electron chi connectivity index (χ2n) is 2.91. The van der Waals surface area contributed by atoms with Gasteiger partial charge in [0.25, 0.3) is 0 Å². The Morgan fingerprint density at radius 2 is 2.00 bits per heavy atom. The number of quaternary nitrogens is 1. The lowest BCUT2D eigenvalue weighted by atomic mass is 10.3. The van der Waals surface area contributed by atoms with Crippen molar-refractivity contribution in [1.29, 1.82) is 0 Å². The molecule has 0 aromatic carbocycles. The second kappa shape index (κ2) is 2.88. The van der Waals surface area contributed by atoms with Gasteiger partial charge >= 0.3 is 0 Å². The molecular formula is C8H13N2O+. The predicted octanol–water partition coefficient (Wildman–Crippen LogP) is -0.541. The van der Waals surface area contributed by atoms with Crippen LogP contribution in [0.5, 0.6) is 0 Å². The number of rotatable bonds is 1. The highest BCUT2D eigenvalue weighted by atomic mass is 16.1. The van der Waals surface area contributed by atoms with Gasteiger partial charge in [0.05, 0.1) is 20.2 Å². The molecule has 0 saturated heterocycles. The largest absolute Gasteiger partial charge is 0.315 e. The first kappa shape index (κ1) is 8.01. The average Bonchev–Trinajstić information content (AvgIpc) is 1.85. The molecule has 1 aromatic heterocycles. The maximum absolute atomic E-state index is 11.0. The number of hydrogen-bond acceptors (Lipinski definition) is 1. The number of H-pyrrole nitrogens is 1. The molecule has 0 aliphatic carbocycles. The minimum Gasteiger partial charge on any atom is -0.315 e. The maximum atomic E-state index is 11.0. The van der Waals surface area contributed by atoms with Gasteiger partial charge in [0, 0.05) is 11.8 Å². The Balaban J connectivity index is 3.19. The van der Waals surface area contributed by atoms with E-state index in [0.717, 1.165) is 16.4 Å². The van der Waals surface area contributed by atoms with Gasteiger partial charge < -0.3 is 4.98 Å². The second-order valence-corrected chi connectivity index (χ2v) is 2.91. The van der Waals surface area contributed by atoms with Crippen molar-refractivity contribution in [2.24, 2.45) is 0 Å². The van der Waals surface area contributed by atoms with E-state index < -0.39 is 0 Å². The first-order valence-electron chi connectivity index (χ1n) is 3.61. The number of aromatic nitrogens is 1. The number of hydrogen-bond donors (Lipinski definition) is 2. The van der Waals surface area contributed by atoms with E-state index in [-0.39, 0.29) is 5.43 Å². The van der Waals surface area contributed by atoms with Gasteiger partial charge in [0.2, 0.25) is 5.82 Å². The summed E-state index contributed by atoms with van der Waals surface area (Å²) in [5, 5.41) is 0. The Labute approximate surface area is 65.7 Å². The van der Waals surface area contributed by atoms with Crippen LogP contribution in [0.2, 0.25) is 0 Å². The summed E-state index contributed by atoms with van der Waals surface area (Å²) >= 11 is 0. The fourth-order valence-electron chi connectivity index (χ4n) is 0.951. The minimum atomic E-state index is 0.0671. The highest BCUT2D eigenvalue weighted by Crippen LogP contribution is 1.91. The molecule has 0 amide bonds. The fraction of sp³-hybridized carbons (Fsp3) is 0.375. The van der Waals surface area contributed by atoms with Crippen molar-refractivity contribution in [3.8, 4) is 0 Å². The molecule has 1 aromatic rings. The average molecular weight is 153 g/mol. The third kappa shape index (κ3) is 1.91. The number of aryl methyl sites for hydroxylation is 1. The smallest absolute Gasteiger partial charge is 0.207 e. The van der Waals surface area contributed by atoms with Crippen LogP contribution in [0, 0.1) is 6.92 Å². The summed E-state index contributed by atoms with van der Waals surface area (Å²) in [7, 11) is 3.95. The lowest BCUT2D eigenvalue weighted by Gasteiger charge is -2.05. The number of aromatic amines is 1. The summed E-state index contributed by atoms with van der Waals surface area (Å²) in [5.74, 6) is 0.926. The minimum absolute atomic E-state index is 0.0671. The topological polar surface area (TPSA) is 37.3 Å². The molecule has 0 radical (unpaired) electrons. The standard InChI is InChI=1S/C8H12N2O/c1-6-4-7(11)5-8(9-6)10(2)3/h4-5H,1-3H3,(H,9,11)/p+1. The zero-order chi connectivity index (χ0) is 8.43. The lowest BCUT2D eigenvalue weighted by Crippen LogP contribution is -3.00. The highest BCUT2D eigenvalue weighted by molar-refractivity contribution is 5.20. The van der Waals surface area contributed by atoms with Crippen molar-refractivity contribution in [3.63, 3.8) is 0 Å². The van der Waals surface area contributed by atoms with Crippen molar-refractivity contribution in [3.05, 3.63) is 28.0 Å². The van der Waals surface area contributed by atoms with Crippen molar-refractivity contribution < 1.29 is 4.90 Å². The van der Waals surface area contributed by atoms with Gasteiger partial charge in [-0.2, -0.15) is 0 Å². The van der Waals surface area contributed by atoms with E-state index in [4.69, 9.17) is 0 Å². The molecule has 11 heavy (non-hydrogen) atoms. The van der Waals surface area contributed by atoms with Crippen LogP contribution < -0.4 is 10.3 Å². The highest BCUT2D eigenvalue weighted by Gasteiger charge is 2.01. The molecule has 0 atom stereocenters. The Morgan fingerprint density at radius 3 is 2.45 bits per heavy atom. The van der Waals surface area contributed by atoms with Crippen LogP contribution in [0.25, 0.3) is 0 Å². The fourth-order valence-corrected chi connectivity index (χ4v) is 0.951. The van der Waals surface area contributed by atoms with Gasteiger partial charge in [0.15, 0.2) is 5.43 Å². The quantitative estimate of drug-likeness (QED) is 0.558. The predicted molar refractivity (Wildman–Crippen MR) is 44.3 cm³/mol. The van der Waals surface area contributed by atoms with Gasteiger partial charge in [-0.3, -0.25) is 9.69 Å². The van der Waals surface area contributed by atoms with E-state index in [9.17, 15) is 4.79 Å². The SMILES string of the molecule is Cc1cc(=O)cc([NH+](C)C)[nH]1. The van der Waals surface area contributed by atoms with Crippen molar-refractivity contribution in [2.45, 2.75) is 6.92 Å². The molecule has 0 unspecified atom stereocenters. The van der Waals surface area contributed by atoms with E-state index in [1.165, 1.54) is 0 Å². The summed E-state index contributed by atoms with van der Waals surface area (Å²) < 4.78 is 0. The van der Waals surface area contributed by atoms with Crippen molar-refractivity contribution in [1.82, 2.24) is 4.98 Å². The molecular weight excluding hydrogens is 140 g/mol. The normalized spacial score (nSPS) is 10.5. The molecule has 1 heterocycles. The van der Waals surface area contributed by atoms with Crippen LogP contribution >= 0.6 is 0 Å². The van der Waals surface area contributed by atoms with Crippen LogP contribution in [0.1, 0.15) is 5.69 Å². The first-order chi connectivity index (χ1) is 5.09.